The Labute approximate surface area is 134 Å². The Kier molecular flexibility index (Phi) is 3.52. The fourth-order valence-electron chi connectivity index (χ4n) is 6.80. The van der Waals surface area contributed by atoms with Crippen molar-refractivity contribution in [1.29, 1.82) is 0 Å². The van der Waals surface area contributed by atoms with E-state index >= 15 is 0 Å². The van der Waals surface area contributed by atoms with E-state index in [1.54, 1.807) is 0 Å². The van der Waals surface area contributed by atoms with Crippen molar-refractivity contribution in [2.45, 2.75) is 71.3 Å². The standard InChI is InChI=1S/C20H30O2/c1-3-12-10-14(21)11-13-4-5-15-16(19(12)13)8-9-20(2)17(15)6-7-18(20)22/h11-12,15-19,22H,3-10H2,1-2H3/t12?,15-,16+,17+,18+,19+,20+/m1/s1. The van der Waals surface area contributed by atoms with Crippen LogP contribution in [0.4, 0.5) is 0 Å². The van der Waals surface area contributed by atoms with E-state index < -0.39 is 0 Å². The molecule has 0 aromatic heterocycles. The molecule has 7 atom stereocenters. The summed E-state index contributed by atoms with van der Waals surface area (Å²) in [7, 11) is 0. The van der Waals surface area contributed by atoms with Crippen LogP contribution in [0.5, 0.6) is 0 Å². The van der Waals surface area contributed by atoms with Crippen molar-refractivity contribution in [3.8, 4) is 0 Å². The second kappa shape index (κ2) is 5.19. The van der Waals surface area contributed by atoms with Gasteiger partial charge in [0.2, 0.25) is 0 Å². The van der Waals surface area contributed by atoms with Gasteiger partial charge in [-0.25, -0.2) is 0 Å². The Bertz CT molecular complexity index is 508. The zero-order chi connectivity index (χ0) is 15.5. The number of aliphatic hydroxyl groups is 1. The zero-order valence-electron chi connectivity index (χ0n) is 14.1. The van der Waals surface area contributed by atoms with Crippen molar-refractivity contribution < 1.29 is 9.90 Å². The first-order valence-corrected chi connectivity index (χ1v) is 9.46. The minimum absolute atomic E-state index is 0.0784. The average Bonchev–Trinajstić information content (AvgIpc) is 2.81. The molecule has 3 saturated carbocycles. The molecule has 22 heavy (non-hydrogen) atoms. The molecule has 3 fully saturated rings. The van der Waals surface area contributed by atoms with Crippen LogP contribution in [0.3, 0.4) is 0 Å². The van der Waals surface area contributed by atoms with E-state index in [9.17, 15) is 9.90 Å². The molecule has 0 aliphatic heterocycles. The third-order valence-electron chi connectivity index (χ3n) is 7.94. The van der Waals surface area contributed by atoms with Crippen molar-refractivity contribution in [1.82, 2.24) is 0 Å². The summed E-state index contributed by atoms with van der Waals surface area (Å²) in [6, 6.07) is 0. The SMILES string of the molecule is CCC1CC(=O)C=C2CC[C@@H]3[C@H](CC[C@]4(C)[C@@H](O)CC[C@@H]34)[C@H]21. The Morgan fingerprint density at radius 1 is 1.23 bits per heavy atom. The Morgan fingerprint density at radius 2 is 2.05 bits per heavy atom. The summed E-state index contributed by atoms with van der Waals surface area (Å²) in [6.07, 6.45) is 10.9. The largest absolute Gasteiger partial charge is 0.393 e. The number of carbonyl (C=O) groups is 1. The normalized spacial score (nSPS) is 50.9. The third kappa shape index (κ3) is 1.99. The molecule has 4 aliphatic carbocycles. The molecule has 0 saturated heterocycles. The molecule has 0 heterocycles. The summed E-state index contributed by atoms with van der Waals surface area (Å²) < 4.78 is 0. The highest BCUT2D eigenvalue weighted by atomic mass is 16.3. The van der Waals surface area contributed by atoms with Crippen molar-refractivity contribution in [3.05, 3.63) is 11.6 Å². The van der Waals surface area contributed by atoms with Crippen molar-refractivity contribution in [2.24, 2.45) is 35.0 Å². The summed E-state index contributed by atoms with van der Waals surface area (Å²) in [5, 5.41) is 10.5. The van der Waals surface area contributed by atoms with Gasteiger partial charge in [-0.1, -0.05) is 25.8 Å². The second-order valence-electron chi connectivity index (χ2n) is 8.69. The maximum Gasteiger partial charge on any atom is 0.155 e. The first-order chi connectivity index (χ1) is 10.5. The van der Waals surface area contributed by atoms with Gasteiger partial charge in [0.05, 0.1) is 6.10 Å². The Hall–Kier alpha value is -0.630. The maximum atomic E-state index is 12.0. The molecule has 1 unspecified atom stereocenters. The quantitative estimate of drug-likeness (QED) is 0.791. The van der Waals surface area contributed by atoms with Gasteiger partial charge in [0, 0.05) is 6.42 Å². The van der Waals surface area contributed by atoms with Crippen molar-refractivity contribution in [3.63, 3.8) is 0 Å². The monoisotopic (exact) mass is 302 g/mol. The highest BCUT2D eigenvalue weighted by Gasteiger charge is 2.56. The molecule has 2 heteroatoms. The fraction of sp³-hybridized carbons (Fsp3) is 0.850. The number of rotatable bonds is 1. The van der Waals surface area contributed by atoms with Gasteiger partial charge in [0.15, 0.2) is 5.78 Å². The molecule has 0 radical (unpaired) electrons. The molecule has 0 aromatic rings. The molecular weight excluding hydrogens is 272 g/mol. The van der Waals surface area contributed by atoms with Crippen molar-refractivity contribution >= 4 is 5.78 Å². The number of fused-ring (bicyclic) bond motifs is 5. The summed E-state index contributed by atoms with van der Waals surface area (Å²) in [5.41, 5.74) is 1.65. The highest BCUT2D eigenvalue weighted by Crippen LogP contribution is 2.62. The van der Waals surface area contributed by atoms with Gasteiger partial charge in [0.25, 0.3) is 0 Å². The van der Waals surface area contributed by atoms with Crippen LogP contribution in [-0.2, 0) is 4.79 Å². The average molecular weight is 302 g/mol. The van der Waals surface area contributed by atoms with Crippen LogP contribution in [0.25, 0.3) is 0 Å². The van der Waals surface area contributed by atoms with Gasteiger partial charge in [-0.2, -0.15) is 0 Å². The smallest absolute Gasteiger partial charge is 0.155 e. The van der Waals surface area contributed by atoms with Crippen molar-refractivity contribution in [2.75, 3.05) is 0 Å². The lowest BCUT2D eigenvalue weighted by Crippen LogP contribution is -2.49. The lowest BCUT2D eigenvalue weighted by atomic mass is 9.50. The van der Waals surface area contributed by atoms with E-state index in [4.69, 9.17) is 0 Å². The summed E-state index contributed by atoms with van der Waals surface area (Å²) in [5.74, 6) is 3.91. The molecule has 2 nitrogen and oxygen atoms in total. The lowest BCUT2D eigenvalue weighted by molar-refractivity contribution is -0.118. The molecule has 0 bridgehead atoms. The first kappa shape index (κ1) is 14.9. The Morgan fingerprint density at radius 3 is 2.82 bits per heavy atom. The molecule has 4 rings (SSSR count). The second-order valence-corrected chi connectivity index (χ2v) is 8.69. The summed E-state index contributed by atoms with van der Waals surface area (Å²) in [4.78, 5) is 12.0. The topological polar surface area (TPSA) is 37.3 Å². The molecular formula is C20H30O2. The molecule has 0 amide bonds. The van der Waals surface area contributed by atoms with Crippen LogP contribution in [0.2, 0.25) is 0 Å². The number of allylic oxidation sites excluding steroid dienone is 1. The van der Waals surface area contributed by atoms with E-state index in [1.807, 2.05) is 6.08 Å². The van der Waals surface area contributed by atoms with Gasteiger partial charge in [-0.3, -0.25) is 4.79 Å². The minimum Gasteiger partial charge on any atom is -0.393 e. The lowest BCUT2D eigenvalue weighted by Gasteiger charge is -2.54. The zero-order valence-corrected chi connectivity index (χ0v) is 14.1. The van der Waals surface area contributed by atoms with Crippen LogP contribution in [0, 0.1) is 35.0 Å². The minimum atomic E-state index is -0.0784. The molecule has 0 spiro atoms. The van der Waals surface area contributed by atoms with Gasteiger partial charge in [-0.05, 0) is 79.6 Å². The van der Waals surface area contributed by atoms with Crippen LogP contribution in [0.15, 0.2) is 11.6 Å². The predicted octanol–water partition coefficient (Wildman–Crippen LogP) is 4.13. The van der Waals surface area contributed by atoms with Gasteiger partial charge in [-0.15, -0.1) is 0 Å². The van der Waals surface area contributed by atoms with Gasteiger partial charge >= 0.3 is 0 Å². The summed E-state index contributed by atoms with van der Waals surface area (Å²) >= 11 is 0. The number of aliphatic hydroxyl groups excluding tert-OH is 1. The highest BCUT2D eigenvalue weighted by molar-refractivity contribution is 5.91. The number of hydrogen-bond acceptors (Lipinski definition) is 2. The third-order valence-corrected chi connectivity index (χ3v) is 7.94. The van der Waals surface area contributed by atoms with Gasteiger partial charge in [0.1, 0.15) is 0 Å². The van der Waals surface area contributed by atoms with Crippen LogP contribution < -0.4 is 0 Å². The van der Waals surface area contributed by atoms with E-state index in [0.29, 0.717) is 17.6 Å². The number of ketones is 1. The molecule has 1 N–H and O–H groups in total. The van der Waals surface area contributed by atoms with Gasteiger partial charge < -0.3 is 5.11 Å². The summed E-state index contributed by atoms with van der Waals surface area (Å²) in [6.45, 7) is 4.61. The van der Waals surface area contributed by atoms with E-state index in [1.165, 1.54) is 31.3 Å². The number of hydrogen-bond donors (Lipinski definition) is 1. The van der Waals surface area contributed by atoms with E-state index in [-0.39, 0.29) is 11.5 Å². The number of carbonyl (C=O) groups excluding carboxylic acids is 1. The first-order valence-electron chi connectivity index (χ1n) is 9.46. The Balaban J connectivity index is 1.66. The van der Waals surface area contributed by atoms with Crippen LogP contribution in [-0.4, -0.2) is 17.0 Å². The van der Waals surface area contributed by atoms with E-state index in [2.05, 4.69) is 13.8 Å². The van der Waals surface area contributed by atoms with E-state index in [0.717, 1.165) is 43.4 Å². The molecule has 4 aliphatic rings. The predicted molar refractivity (Wildman–Crippen MR) is 87.3 cm³/mol. The van der Waals surface area contributed by atoms with Crippen LogP contribution in [0.1, 0.15) is 65.2 Å². The van der Waals surface area contributed by atoms with Crippen LogP contribution >= 0.6 is 0 Å². The molecule has 122 valence electrons. The molecule has 0 aromatic carbocycles. The maximum absolute atomic E-state index is 12.0. The fourth-order valence-corrected chi connectivity index (χ4v) is 6.80.